The summed E-state index contributed by atoms with van der Waals surface area (Å²) in [5, 5.41) is 12.1. The molecule has 1 N–H and O–H groups in total. The Morgan fingerprint density at radius 2 is 1.76 bits per heavy atom. The lowest BCUT2D eigenvalue weighted by atomic mass is 9.69. The summed E-state index contributed by atoms with van der Waals surface area (Å²) in [5.41, 5.74) is 5.15. The molecular weight excluding hydrogens is 564 g/mol. The molecule has 0 saturated heterocycles. The zero-order valence-corrected chi connectivity index (χ0v) is 25.1. The molecule has 1 unspecified atom stereocenters. The van der Waals surface area contributed by atoms with Crippen molar-refractivity contribution in [2.24, 2.45) is 10.9 Å². The second-order valence-electron chi connectivity index (χ2n) is 11.2. The summed E-state index contributed by atoms with van der Waals surface area (Å²) in [6, 6.07) is 30.1. The summed E-state index contributed by atoms with van der Waals surface area (Å²) in [5.74, 6) is 0.0861. The Hall–Kier alpha value is -5.55. The number of nitrogens with zero attached hydrogens (tertiary/aromatic N) is 3. The van der Waals surface area contributed by atoms with E-state index in [-0.39, 0.29) is 24.2 Å². The number of aromatic nitrogens is 1. The van der Waals surface area contributed by atoms with E-state index in [1.54, 1.807) is 55.8 Å². The summed E-state index contributed by atoms with van der Waals surface area (Å²) in [6.07, 6.45) is 2.57. The number of ether oxygens (including phenoxy) is 2. The van der Waals surface area contributed by atoms with Gasteiger partial charge in [0.05, 0.1) is 24.7 Å². The van der Waals surface area contributed by atoms with Crippen molar-refractivity contribution in [3.63, 3.8) is 0 Å². The summed E-state index contributed by atoms with van der Waals surface area (Å²) in [7, 11) is 1.59. The molecule has 0 radical (unpaired) electrons. The topological polar surface area (TPSA) is 114 Å². The number of ketones is 1. The third kappa shape index (κ3) is 6.24. The van der Waals surface area contributed by atoms with Crippen molar-refractivity contribution in [2.45, 2.75) is 38.2 Å². The fourth-order valence-corrected chi connectivity index (χ4v) is 6.25. The molecule has 1 aliphatic heterocycles. The predicted molar refractivity (Wildman–Crippen MR) is 171 cm³/mol. The fourth-order valence-electron chi connectivity index (χ4n) is 6.25. The number of nitrogens with one attached hydrogen (secondary N) is 1. The van der Waals surface area contributed by atoms with Crippen LogP contribution in [0.25, 0.3) is 0 Å². The van der Waals surface area contributed by atoms with Crippen LogP contribution in [0.3, 0.4) is 0 Å². The molecule has 1 amide bonds. The lowest BCUT2D eigenvalue weighted by molar-refractivity contribution is -0.119. The number of aliphatic imine (C=N–C) groups is 1. The van der Waals surface area contributed by atoms with Crippen LogP contribution in [0.1, 0.15) is 53.9 Å². The quantitative estimate of drug-likeness (QED) is 0.241. The molecule has 8 heteroatoms. The van der Waals surface area contributed by atoms with Crippen LogP contribution in [0.5, 0.6) is 11.5 Å². The van der Waals surface area contributed by atoms with Crippen molar-refractivity contribution >= 4 is 23.2 Å². The average Bonchev–Trinajstić information content (AvgIpc) is 3.07. The molecular formula is C37H32N4O4. The van der Waals surface area contributed by atoms with Gasteiger partial charge in [0.2, 0.25) is 5.91 Å². The number of anilines is 1. The standard InChI is InChI=1S/C37H32N4O4/c1-23-34(37(43)41-33-10-6-7-17-39-33)35(36-30(40-23)19-27(20-31(36)42)25-8-4-3-5-9-25)26-13-16-32(44-2)28(18-26)22-45-29-14-11-24(21-38)12-15-29/h3-18,27,34-35H,19-20,22H2,1-2H3,(H,39,41,43)/t27-,34?,35-/m1/s1. The van der Waals surface area contributed by atoms with Gasteiger partial charge in [0, 0.05) is 41.1 Å². The average molecular weight is 597 g/mol. The monoisotopic (exact) mass is 596 g/mol. The van der Waals surface area contributed by atoms with Crippen LogP contribution in [0.15, 0.2) is 113 Å². The highest BCUT2D eigenvalue weighted by Gasteiger charge is 2.44. The SMILES string of the molecule is COc1ccc([C@H]2C3=C(C[C@@H](c4ccccc4)CC3=O)N=C(C)C2C(=O)Nc2ccccn2)cc1COc1ccc(C#N)cc1. The lowest BCUT2D eigenvalue weighted by Gasteiger charge is -2.37. The number of rotatable bonds is 8. The maximum Gasteiger partial charge on any atom is 0.235 e. The lowest BCUT2D eigenvalue weighted by Crippen LogP contribution is -2.40. The highest BCUT2D eigenvalue weighted by molar-refractivity contribution is 6.13. The van der Waals surface area contributed by atoms with Gasteiger partial charge >= 0.3 is 0 Å². The molecule has 2 aliphatic rings. The molecule has 3 atom stereocenters. The molecule has 6 rings (SSSR count). The summed E-state index contributed by atoms with van der Waals surface area (Å²) in [6.45, 7) is 2.04. The third-order valence-electron chi connectivity index (χ3n) is 8.40. The molecule has 3 aromatic carbocycles. The smallest absolute Gasteiger partial charge is 0.235 e. The van der Waals surface area contributed by atoms with Crippen molar-refractivity contribution < 1.29 is 19.1 Å². The molecule has 4 aromatic rings. The Bertz CT molecular complexity index is 1830. The Morgan fingerprint density at radius 3 is 2.47 bits per heavy atom. The van der Waals surface area contributed by atoms with E-state index in [0.717, 1.165) is 22.4 Å². The van der Waals surface area contributed by atoms with Gasteiger partial charge in [0.25, 0.3) is 0 Å². The zero-order valence-electron chi connectivity index (χ0n) is 25.1. The number of amides is 1. The van der Waals surface area contributed by atoms with Crippen molar-refractivity contribution in [1.29, 1.82) is 5.26 Å². The predicted octanol–water partition coefficient (Wildman–Crippen LogP) is 6.75. The van der Waals surface area contributed by atoms with E-state index in [9.17, 15) is 9.59 Å². The molecule has 0 bridgehead atoms. The molecule has 45 heavy (non-hydrogen) atoms. The molecule has 2 heterocycles. The van der Waals surface area contributed by atoms with Crippen LogP contribution in [0.2, 0.25) is 0 Å². The van der Waals surface area contributed by atoms with Crippen molar-refractivity contribution in [3.05, 3.63) is 131 Å². The van der Waals surface area contributed by atoms with Crippen LogP contribution in [-0.4, -0.2) is 29.5 Å². The van der Waals surface area contributed by atoms with E-state index < -0.39 is 11.8 Å². The molecule has 1 aromatic heterocycles. The van der Waals surface area contributed by atoms with Crippen molar-refractivity contribution in [3.8, 4) is 17.6 Å². The third-order valence-corrected chi connectivity index (χ3v) is 8.40. The molecule has 0 spiro atoms. The van der Waals surface area contributed by atoms with Crippen LogP contribution < -0.4 is 14.8 Å². The Morgan fingerprint density at radius 1 is 0.978 bits per heavy atom. The van der Waals surface area contributed by atoms with Gasteiger partial charge < -0.3 is 14.8 Å². The minimum absolute atomic E-state index is 0.00631. The highest BCUT2D eigenvalue weighted by atomic mass is 16.5. The van der Waals surface area contributed by atoms with Gasteiger partial charge in [0.1, 0.15) is 23.9 Å². The second kappa shape index (κ2) is 13.0. The minimum atomic E-state index is -0.733. The van der Waals surface area contributed by atoms with Crippen molar-refractivity contribution in [2.75, 3.05) is 12.4 Å². The van der Waals surface area contributed by atoms with E-state index in [1.165, 1.54) is 0 Å². The number of carbonyl (C=O) groups excluding carboxylic acids is 2. The molecule has 8 nitrogen and oxygen atoms in total. The first kappa shape index (κ1) is 29.5. The molecule has 1 aliphatic carbocycles. The molecule has 224 valence electrons. The number of carbonyl (C=O) groups is 2. The first-order valence-corrected chi connectivity index (χ1v) is 14.8. The van der Waals surface area contributed by atoms with Crippen molar-refractivity contribution in [1.82, 2.24) is 4.98 Å². The normalized spacial score (nSPS) is 19.2. The number of hydrogen-bond acceptors (Lipinski definition) is 7. The van der Waals surface area contributed by atoms with Gasteiger partial charge in [-0.25, -0.2) is 4.98 Å². The second-order valence-corrected chi connectivity index (χ2v) is 11.2. The maximum atomic E-state index is 14.1. The first-order chi connectivity index (χ1) is 21.9. The van der Waals surface area contributed by atoms with E-state index in [1.807, 2.05) is 55.5 Å². The zero-order chi connectivity index (χ0) is 31.3. The number of nitriles is 1. The minimum Gasteiger partial charge on any atom is -0.496 e. The van der Waals surface area contributed by atoms with Crippen LogP contribution in [-0.2, 0) is 16.2 Å². The first-order valence-electron chi connectivity index (χ1n) is 14.8. The molecule has 0 fully saturated rings. The fraction of sp³-hybridized carbons (Fsp3) is 0.216. The number of hydrogen-bond donors (Lipinski definition) is 1. The van der Waals surface area contributed by atoms with E-state index in [4.69, 9.17) is 19.7 Å². The highest BCUT2D eigenvalue weighted by Crippen LogP contribution is 2.47. The van der Waals surface area contributed by atoms with Crippen LogP contribution in [0.4, 0.5) is 5.82 Å². The summed E-state index contributed by atoms with van der Waals surface area (Å²) in [4.78, 5) is 37.2. The number of allylic oxidation sites excluding steroid dienone is 2. The van der Waals surface area contributed by atoms with Crippen LogP contribution >= 0.6 is 0 Å². The summed E-state index contributed by atoms with van der Waals surface area (Å²) >= 11 is 0. The van der Waals surface area contributed by atoms with Gasteiger partial charge in [-0.2, -0.15) is 5.26 Å². The number of pyridine rings is 1. The van der Waals surface area contributed by atoms with Gasteiger partial charge in [-0.3, -0.25) is 14.6 Å². The van der Waals surface area contributed by atoms with Gasteiger partial charge in [-0.05, 0) is 78.9 Å². The number of methoxy groups -OCH3 is 1. The van der Waals surface area contributed by atoms with E-state index >= 15 is 0 Å². The maximum absolute atomic E-state index is 14.1. The van der Waals surface area contributed by atoms with Gasteiger partial charge in [-0.1, -0.05) is 42.5 Å². The van der Waals surface area contributed by atoms with Crippen LogP contribution in [0, 0.1) is 17.2 Å². The Balaban J connectivity index is 1.39. The number of benzene rings is 3. The largest absolute Gasteiger partial charge is 0.496 e. The Labute approximate surface area is 262 Å². The summed E-state index contributed by atoms with van der Waals surface area (Å²) < 4.78 is 11.7. The van der Waals surface area contributed by atoms with E-state index in [2.05, 4.69) is 16.4 Å². The Kier molecular flexibility index (Phi) is 8.52. The number of Topliss-reactive ketones (excluding diaryl/α,β-unsaturated/α-hetero) is 1. The van der Waals surface area contributed by atoms with Gasteiger partial charge in [0.15, 0.2) is 5.78 Å². The molecule has 0 saturated carbocycles. The van der Waals surface area contributed by atoms with E-state index in [0.29, 0.717) is 47.0 Å². The van der Waals surface area contributed by atoms with Gasteiger partial charge in [-0.15, -0.1) is 0 Å².